The molecule has 1 aliphatic heterocycles. The number of piperidine rings is 1. The van der Waals surface area contributed by atoms with Crippen molar-refractivity contribution >= 4 is 23.3 Å². The molecule has 1 amide bonds. The van der Waals surface area contributed by atoms with Crippen LogP contribution in [0.15, 0.2) is 48.7 Å². The van der Waals surface area contributed by atoms with Crippen molar-refractivity contribution in [3.63, 3.8) is 0 Å². The zero-order valence-corrected chi connectivity index (χ0v) is 14.1. The van der Waals surface area contributed by atoms with Crippen molar-refractivity contribution < 1.29 is 9.63 Å². The molecule has 1 aliphatic rings. The first-order valence-corrected chi connectivity index (χ1v) is 8.42. The Hall–Kier alpha value is -2.11. The summed E-state index contributed by atoms with van der Waals surface area (Å²) in [6, 6.07) is 13.5. The van der Waals surface area contributed by atoms with Gasteiger partial charge in [-0.05, 0) is 30.5 Å². The van der Waals surface area contributed by atoms with E-state index in [4.69, 9.17) is 16.4 Å². The first kappa shape index (κ1) is 16.7. The molecule has 24 heavy (non-hydrogen) atoms. The van der Waals surface area contributed by atoms with Crippen LogP contribution >= 0.6 is 11.6 Å². The van der Waals surface area contributed by atoms with Crippen LogP contribution in [0.4, 0.5) is 5.82 Å². The number of pyridine rings is 1. The Morgan fingerprint density at radius 3 is 2.62 bits per heavy atom. The topological polar surface area (TPSA) is 54.5 Å². The number of aromatic nitrogens is 1. The van der Waals surface area contributed by atoms with E-state index in [2.05, 4.69) is 15.4 Å². The summed E-state index contributed by atoms with van der Waals surface area (Å²) in [6.07, 6.45) is 3.21. The summed E-state index contributed by atoms with van der Waals surface area (Å²) in [5.41, 5.74) is 3.60. The van der Waals surface area contributed by atoms with Crippen LogP contribution in [-0.2, 0) is 16.2 Å². The molecule has 5 nitrogen and oxygen atoms in total. The van der Waals surface area contributed by atoms with Gasteiger partial charge in [-0.15, -0.1) is 0 Å². The van der Waals surface area contributed by atoms with E-state index in [9.17, 15) is 4.79 Å². The van der Waals surface area contributed by atoms with Crippen molar-refractivity contribution in [2.24, 2.45) is 5.92 Å². The molecular weight excluding hydrogens is 326 g/mol. The highest BCUT2D eigenvalue weighted by molar-refractivity contribution is 6.30. The van der Waals surface area contributed by atoms with Gasteiger partial charge in [-0.1, -0.05) is 41.9 Å². The number of anilines is 1. The summed E-state index contributed by atoms with van der Waals surface area (Å²) in [5.74, 6) is 0.831. The lowest BCUT2D eigenvalue weighted by atomic mass is 9.96. The SMILES string of the molecule is O=C(NOCc1ccccc1)C1CCN(c2ccc(Cl)cn2)CC1. The Balaban J connectivity index is 1.42. The second kappa shape index (κ2) is 8.13. The third-order valence-electron chi connectivity index (χ3n) is 4.16. The Kier molecular flexibility index (Phi) is 5.67. The third-order valence-corrected chi connectivity index (χ3v) is 4.38. The first-order chi connectivity index (χ1) is 11.7. The second-order valence-electron chi connectivity index (χ2n) is 5.84. The van der Waals surface area contributed by atoms with Crippen molar-refractivity contribution in [2.45, 2.75) is 19.4 Å². The van der Waals surface area contributed by atoms with Crippen LogP contribution in [0.5, 0.6) is 0 Å². The molecule has 2 aromatic rings. The second-order valence-corrected chi connectivity index (χ2v) is 6.27. The van der Waals surface area contributed by atoms with E-state index in [1.807, 2.05) is 42.5 Å². The summed E-state index contributed by atoms with van der Waals surface area (Å²) in [5, 5.41) is 0.628. The standard InChI is InChI=1S/C18H20ClN3O2/c19-16-6-7-17(20-12-16)22-10-8-15(9-11-22)18(23)21-24-13-14-4-2-1-3-5-14/h1-7,12,15H,8-11,13H2,(H,21,23). The molecule has 1 aromatic carbocycles. The molecule has 2 heterocycles. The van der Waals surface area contributed by atoms with E-state index >= 15 is 0 Å². The van der Waals surface area contributed by atoms with Crippen LogP contribution in [0.1, 0.15) is 18.4 Å². The van der Waals surface area contributed by atoms with Gasteiger partial charge in [0.2, 0.25) is 5.91 Å². The summed E-state index contributed by atoms with van der Waals surface area (Å²) < 4.78 is 0. The molecule has 1 fully saturated rings. The zero-order valence-electron chi connectivity index (χ0n) is 13.3. The number of hydrogen-bond donors (Lipinski definition) is 1. The smallest absolute Gasteiger partial charge is 0.246 e. The average molecular weight is 346 g/mol. The number of carbonyl (C=O) groups excluding carboxylic acids is 1. The van der Waals surface area contributed by atoms with Gasteiger partial charge in [-0.3, -0.25) is 9.63 Å². The largest absolute Gasteiger partial charge is 0.357 e. The molecule has 1 aromatic heterocycles. The quantitative estimate of drug-likeness (QED) is 0.845. The Morgan fingerprint density at radius 1 is 1.21 bits per heavy atom. The van der Waals surface area contributed by atoms with E-state index in [-0.39, 0.29) is 11.8 Å². The molecule has 3 rings (SSSR count). The van der Waals surface area contributed by atoms with Crippen LogP contribution in [0.2, 0.25) is 5.02 Å². The minimum absolute atomic E-state index is 0.0238. The lowest BCUT2D eigenvalue weighted by Crippen LogP contribution is -2.40. The normalized spacial score (nSPS) is 15.3. The number of halogens is 1. The molecule has 0 radical (unpaired) electrons. The van der Waals surface area contributed by atoms with E-state index in [0.717, 1.165) is 37.3 Å². The van der Waals surface area contributed by atoms with Gasteiger partial charge in [0.25, 0.3) is 0 Å². The maximum atomic E-state index is 12.2. The minimum atomic E-state index is -0.0466. The highest BCUT2D eigenvalue weighted by atomic mass is 35.5. The van der Waals surface area contributed by atoms with Crippen molar-refractivity contribution in [1.82, 2.24) is 10.5 Å². The number of hydrogen-bond acceptors (Lipinski definition) is 4. The van der Waals surface area contributed by atoms with Crippen LogP contribution in [0, 0.1) is 5.92 Å². The molecule has 126 valence electrons. The molecule has 0 aliphatic carbocycles. The summed E-state index contributed by atoms with van der Waals surface area (Å²) >= 11 is 5.86. The van der Waals surface area contributed by atoms with Crippen LogP contribution < -0.4 is 10.4 Å². The molecule has 1 N–H and O–H groups in total. The Morgan fingerprint density at radius 2 is 1.96 bits per heavy atom. The van der Waals surface area contributed by atoms with Crippen molar-refractivity contribution in [1.29, 1.82) is 0 Å². The van der Waals surface area contributed by atoms with Gasteiger partial charge in [-0.2, -0.15) is 0 Å². The summed E-state index contributed by atoms with van der Waals surface area (Å²) in [6.45, 7) is 1.97. The fourth-order valence-electron chi connectivity index (χ4n) is 2.77. The molecule has 0 unspecified atom stereocenters. The highest BCUT2D eigenvalue weighted by Crippen LogP contribution is 2.22. The van der Waals surface area contributed by atoms with Gasteiger partial charge in [-0.25, -0.2) is 10.5 Å². The zero-order chi connectivity index (χ0) is 16.8. The number of rotatable bonds is 5. The lowest BCUT2D eigenvalue weighted by Gasteiger charge is -2.32. The number of amides is 1. The van der Waals surface area contributed by atoms with Gasteiger partial charge in [0.1, 0.15) is 5.82 Å². The predicted molar refractivity (Wildman–Crippen MR) is 93.6 cm³/mol. The molecule has 0 bridgehead atoms. The van der Waals surface area contributed by atoms with E-state index in [1.165, 1.54) is 0 Å². The number of nitrogens with zero attached hydrogens (tertiary/aromatic N) is 2. The summed E-state index contributed by atoms with van der Waals surface area (Å²) in [7, 11) is 0. The molecule has 6 heteroatoms. The molecular formula is C18H20ClN3O2. The number of nitrogens with one attached hydrogen (secondary N) is 1. The van der Waals surface area contributed by atoms with Gasteiger partial charge < -0.3 is 4.90 Å². The monoisotopic (exact) mass is 345 g/mol. The van der Waals surface area contributed by atoms with E-state index in [0.29, 0.717) is 11.6 Å². The maximum absolute atomic E-state index is 12.2. The molecule has 1 saturated heterocycles. The number of benzene rings is 1. The Bertz CT molecular complexity index is 656. The Labute approximate surface area is 146 Å². The molecule has 0 saturated carbocycles. The highest BCUT2D eigenvalue weighted by Gasteiger charge is 2.25. The number of carbonyl (C=O) groups is 1. The van der Waals surface area contributed by atoms with Crippen LogP contribution in [0.25, 0.3) is 0 Å². The third kappa shape index (κ3) is 4.46. The predicted octanol–water partition coefficient (Wildman–Crippen LogP) is 3.20. The van der Waals surface area contributed by atoms with Gasteiger partial charge in [0, 0.05) is 25.2 Å². The van der Waals surface area contributed by atoms with Crippen molar-refractivity contribution in [3.8, 4) is 0 Å². The van der Waals surface area contributed by atoms with Gasteiger partial charge >= 0.3 is 0 Å². The van der Waals surface area contributed by atoms with Gasteiger partial charge in [0.05, 0.1) is 11.6 Å². The van der Waals surface area contributed by atoms with Crippen molar-refractivity contribution in [2.75, 3.05) is 18.0 Å². The minimum Gasteiger partial charge on any atom is -0.357 e. The van der Waals surface area contributed by atoms with Gasteiger partial charge in [0.15, 0.2) is 0 Å². The first-order valence-electron chi connectivity index (χ1n) is 8.04. The van der Waals surface area contributed by atoms with E-state index in [1.54, 1.807) is 6.20 Å². The summed E-state index contributed by atoms with van der Waals surface area (Å²) in [4.78, 5) is 24.0. The maximum Gasteiger partial charge on any atom is 0.246 e. The van der Waals surface area contributed by atoms with Crippen molar-refractivity contribution in [3.05, 3.63) is 59.2 Å². The van der Waals surface area contributed by atoms with Crippen LogP contribution in [-0.4, -0.2) is 24.0 Å². The fraction of sp³-hybridized carbons (Fsp3) is 0.333. The molecule has 0 spiro atoms. The average Bonchev–Trinajstić information content (AvgIpc) is 2.63. The van der Waals surface area contributed by atoms with Crippen LogP contribution in [0.3, 0.4) is 0 Å². The number of hydroxylamine groups is 1. The lowest BCUT2D eigenvalue weighted by molar-refractivity contribution is -0.139. The van der Waals surface area contributed by atoms with E-state index < -0.39 is 0 Å². The fourth-order valence-corrected chi connectivity index (χ4v) is 2.89. The molecule has 0 atom stereocenters.